The van der Waals surface area contributed by atoms with E-state index in [1.165, 1.54) is 19.4 Å². The van der Waals surface area contributed by atoms with Crippen LogP contribution in [0, 0.1) is 11.8 Å². The first kappa shape index (κ1) is 35.2. The molecule has 0 spiro atoms. The number of ether oxygens (including phenoxy) is 3. The van der Waals surface area contributed by atoms with Crippen molar-refractivity contribution < 1.29 is 33.4 Å². The van der Waals surface area contributed by atoms with E-state index in [0.717, 1.165) is 5.57 Å². The molecule has 0 aromatic carbocycles. The Morgan fingerprint density at radius 2 is 1.85 bits per heavy atom. The van der Waals surface area contributed by atoms with Gasteiger partial charge in [0.05, 0.1) is 7.11 Å². The van der Waals surface area contributed by atoms with Crippen LogP contribution in [-0.2, 0) is 28.6 Å². The van der Waals surface area contributed by atoms with E-state index in [0.29, 0.717) is 24.3 Å². The van der Waals surface area contributed by atoms with Crippen molar-refractivity contribution in [2.24, 2.45) is 17.6 Å². The Morgan fingerprint density at radius 3 is 2.44 bits per heavy atom. The fraction of sp³-hybridized carbons (Fsp3) is 0.467. The third kappa shape index (κ3) is 14.4. The van der Waals surface area contributed by atoms with E-state index in [2.05, 4.69) is 10.6 Å². The molecule has 1 aliphatic rings. The summed E-state index contributed by atoms with van der Waals surface area (Å²) in [6.45, 7) is 9.22. The summed E-state index contributed by atoms with van der Waals surface area (Å²) in [5, 5.41) is 5.91. The van der Waals surface area contributed by atoms with Gasteiger partial charge in [-0.15, -0.1) is 0 Å². The molecule has 0 saturated heterocycles. The van der Waals surface area contributed by atoms with Crippen molar-refractivity contribution in [3.63, 3.8) is 0 Å². The molecule has 11 heteroatoms. The first-order valence-electron chi connectivity index (χ1n) is 13.4. The molecule has 1 heterocycles. The molecule has 0 aliphatic carbocycles. The molecule has 41 heavy (non-hydrogen) atoms. The van der Waals surface area contributed by atoms with Crippen molar-refractivity contribution in [1.82, 2.24) is 10.6 Å². The second-order valence-electron chi connectivity index (χ2n) is 9.90. The van der Waals surface area contributed by atoms with Gasteiger partial charge >= 0.3 is 12.1 Å². The van der Waals surface area contributed by atoms with Crippen LogP contribution in [0.15, 0.2) is 71.2 Å². The molecule has 4 unspecified atom stereocenters. The summed E-state index contributed by atoms with van der Waals surface area (Å²) in [6.07, 6.45) is 14.5. The number of nitrogens with two attached hydrogens (primary N) is 1. The molecule has 4 atom stereocenters. The summed E-state index contributed by atoms with van der Waals surface area (Å²) >= 11 is 5.83. The Bertz CT molecular complexity index is 1100. The van der Waals surface area contributed by atoms with Crippen LogP contribution in [0.1, 0.15) is 53.9 Å². The number of esters is 1. The molecule has 226 valence electrons. The van der Waals surface area contributed by atoms with E-state index in [1.807, 2.05) is 39.8 Å². The predicted octanol–water partition coefficient (Wildman–Crippen LogP) is 4.68. The number of methoxy groups -OCH3 is 1. The van der Waals surface area contributed by atoms with Crippen LogP contribution in [0.25, 0.3) is 0 Å². The number of cyclic esters (lactones) is 1. The lowest BCUT2D eigenvalue weighted by atomic mass is 9.97. The fourth-order valence-corrected chi connectivity index (χ4v) is 3.89. The number of nitrogens with one attached hydrogen (secondary N) is 2. The number of primary amides is 1. The Labute approximate surface area is 247 Å². The van der Waals surface area contributed by atoms with Crippen LogP contribution < -0.4 is 16.4 Å². The van der Waals surface area contributed by atoms with Gasteiger partial charge in [0.15, 0.2) is 5.76 Å². The molecule has 0 fully saturated rings. The maximum atomic E-state index is 12.7. The van der Waals surface area contributed by atoms with Crippen molar-refractivity contribution in [2.75, 3.05) is 7.11 Å². The van der Waals surface area contributed by atoms with E-state index in [1.54, 1.807) is 37.3 Å². The molecular weight excluding hydrogens is 550 g/mol. The van der Waals surface area contributed by atoms with Crippen molar-refractivity contribution in [1.29, 1.82) is 0 Å². The fourth-order valence-electron chi connectivity index (χ4n) is 3.80. The summed E-state index contributed by atoms with van der Waals surface area (Å²) in [4.78, 5) is 48.1. The highest BCUT2D eigenvalue weighted by atomic mass is 35.5. The van der Waals surface area contributed by atoms with Crippen LogP contribution in [0.3, 0.4) is 0 Å². The average Bonchev–Trinajstić information content (AvgIpc) is 2.89. The highest BCUT2D eigenvalue weighted by Crippen LogP contribution is 2.22. The minimum Gasteiger partial charge on any atom is -0.490 e. The van der Waals surface area contributed by atoms with E-state index >= 15 is 0 Å². The molecule has 0 aromatic rings. The summed E-state index contributed by atoms with van der Waals surface area (Å²) in [7, 11) is 1.43. The monoisotopic (exact) mass is 591 g/mol. The number of amides is 3. The summed E-state index contributed by atoms with van der Waals surface area (Å²) < 4.78 is 15.4. The van der Waals surface area contributed by atoms with Crippen molar-refractivity contribution >= 4 is 35.5 Å². The first-order chi connectivity index (χ1) is 19.3. The first-order valence-corrected chi connectivity index (χ1v) is 13.7. The average molecular weight is 592 g/mol. The van der Waals surface area contributed by atoms with Crippen molar-refractivity contribution in [2.45, 2.75) is 72.1 Å². The maximum absolute atomic E-state index is 12.7. The number of hydrogen-bond donors (Lipinski definition) is 3. The molecule has 0 radical (unpaired) electrons. The highest BCUT2D eigenvalue weighted by molar-refractivity contribution is 6.29. The van der Waals surface area contributed by atoms with E-state index in [4.69, 9.17) is 31.5 Å². The predicted molar refractivity (Wildman–Crippen MR) is 158 cm³/mol. The van der Waals surface area contributed by atoms with Gasteiger partial charge < -0.3 is 30.6 Å². The van der Waals surface area contributed by atoms with Gasteiger partial charge in [-0.1, -0.05) is 74.4 Å². The Kier molecular flexibility index (Phi) is 15.9. The van der Waals surface area contributed by atoms with Gasteiger partial charge in [0.1, 0.15) is 18.2 Å². The van der Waals surface area contributed by atoms with Gasteiger partial charge in [-0.3, -0.25) is 9.59 Å². The van der Waals surface area contributed by atoms with E-state index in [9.17, 15) is 19.2 Å². The molecule has 1 aliphatic heterocycles. The molecule has 0 aromatic heterocycles. The molecular formula is C30H42ClN3O7. The summed E-state index contributed by atoms with van der Waals surface area (Å²) in [6, 6.07) is -0.770. The quantitative estimate of drug-likeness (QED) is 0.142. The largest absolute Gasteiger partial charge is 0.490 e. The van der Waals surface area contributed by atoms with Gasteiger partial charge in [-0.2, -0.15) is 0 Å². The van der Waals surface area contributed by atoms with Gasteiger partial charge in [0, 0.05) is 36.3 Å². The molecule has 4 N–H and O–H groups in total. The number of carbonyl (C=O) groups is 4. The molecule has 0 saturated carbocycles. The van der Waals surface area contributed by atoms with E-state index in [-0.39, 0.29) is 29.6 Å². The number of carbonyl (C=O) groups excluding carboxylic acids is 4. The number of hydrogen-bond acceptors (Lipinski definition) is 7. The normalized spacial score (nSPS) is 18.7. The van der Waals surface area contributed by atoms with Crippen LogP contribution in [0.2, 0.25) is 0 Å². The molecule has 1 rings (SSSR count). The lowest BCUT2D eigenvalue weighted by Gasteiger charge is -2.25. The zero-order valence-corrected chi connectivity index (χ0v) is 25.3. The second kappa shape index (κ2) is 18.5. The van der Waals surface area contributed by atoms with Crippen LogP contribution in [-0.4, -0.2) is 49.2 Å². The lowest BCUT2D eigenvalue weighted by molar-refractivity contribution is -0.151. The Morgan fingerprint density at radius 1 is 1.17 bits per heavy atom. The van der Waals surface area contributed by atoms with Crippen LogP contribution in [0.5, 0.6) is 0 Å². The van der Waals surface area contributed by atoms with Crippen molar-refractivity contribution in [3.05, 3.63) is 71.2 Å². The SMILES string of the molecule is COC1=CCC(C(C)/C=C(C)/C=C\C=C/C(=O)NC(C(=O)N/C=C\CC(C/C=C(\C)Cl)OC(N)=O)C(C)C)OC1=O. The van der Waals surface area contributed by atoms with Gasteiger partial charge in [-0.25, -0.2) is 9.59 Å². The van der Waals surface area contributed by atoms with Crippen LogP contribution >= 0.6 is 11.6 Å². The number of rotatable bonds is 15. The Hall–Kier alpha value is -3.79. The second-order valence-corrected chi connectivity index (χ2v) is 10.5. The zero-order chi connectivity index (χ0) is 30.9. The smallest absolute Gasteiger partial charge is 0.404 e. The summed E-state index contributed by atoms with van der Waals surface area (Å²) in [5.74, 6) is -1.24. The summed E-state index contributed by atoms with van der Waals surface area (Å²) in [5.41, 5.74) is 6.04. The lowest BCUT2D eigenvalue weighted by Crippen LogP contribution is -2.48. The third-order valence-electron chi connectivity index (χ3n) is 5.98. The van der Waals surface area contributed by atoms with Crippen molar-refractivity contribution in [3.8, 4) is 0 Å². The third-order valence-corrected chi connectivity index (χ3v) is 6.13. The van der Waals surface area contributed by atoms with Gasteiger partial charge in [0.25, 0.3) is 0 Å². The van der Waals surface area contributed by atoms with Gasteiger partial charge in [0.2, 0.25) is 11.8 Å². The minimum absolute atomic E-state index is 0.0156. The molecule has 0 bridgehead atoms. The topological polar surface area (TPSA) is 146 Å². The van der Waals surface area contributed by atoms with Crippen LogP contribution in [0.4, 0.5) is 4.79 Å². The minimum atomic E-state index is -0.898. The standard InChI is InChI=1S/C30H42ClN3O7/c1-19(2)27(28(36)33-17-9-11-23(40-30(32)38)14-13-22(5)31)34-26(35)12-8-7-10-20(3)18-21(4)24-15-16-25(39-6)29(37)41-24/h7-10,12-13,16-19,21,23-24,27H,11,14-15H2,1-6H3,(H2,32,38)(H,33,36)(H,34,35)/b10-7-,12-8-,17-9-,20-18+,22-13+. The molecule has 3 amide bonds. The zero-order valence-electron chi connectivity index (χ0n) is 24.5. The number of allylic oxidation sites excluding steroid dienone is 5. The highest BCUT2D eigenvalue weighted by Gasteiger charge is 2.27. The number of halogens is 1. The van der Waals surface area contributed by atoms with Gasteiger partial charge in [-0.05, 0) is 32.0 Å². The Balaban J connectivity index is 2.63. The molecule has 10 nitrogen and oxygen atoms in total. The maximum Gasteiger partial charge on any atom is 0.404 e. The van der Waals surface area contributed by atoms with E-state index < -0.39 is 30.1 Å².